The molecule has 1 aliphatic heterocycles. The Bertz CT molecular complexity index is 461. The average molecular weight is 235 g/mol. The lowest BCUT2D eigenvalue weighted by Crippen LogP contribution is -2.48. The molecule has 0 fully saturated rings. The van der Waals surface area contributed by atoms with E-state index < -0.39 is 6.04 Å². The van der Waals surface area contributed by atoms with E-state index in [-0.39, 0.29) is 18.4 Å². The van der Waals surface area contributed by atoms with E-state index in [1.807, 2.05) is 0 Å². The second-order valence-corrected chi connectivity index (χ2v) is 3.79. The van der Waals surface area contributed by atoms with Crippen LogP contribution >= 0.6 is 0 Å². The lowest BCUT2D eigenvalue weighted by Gasteiger charge is -2.18. The quantitative estimate of drug-likeness (QED) is 0.740. The molecule has 0 aromatic carbocycles. The molecule has 1 unspecified atom stereocenters. The van der Waals surface area contributed by atoms with E-state index in [2.05, 4.69) is 10.3 Å². The third kappa shape index (κ3) is 2.20. The maximum Gasteiger partial charge on any atom is 0.254 e. The van der Waals surface area contributed by atoms with Crippen molar-refractivity contribution in [1.82, 2.24) is 10.3 Å². The van der Waals surface area contributed by atoms with Crippen LogP contribution in [0.5, 0.6) is 5.75 Å². The molecule has 0 saturated carbocycles. The summed E-state index contributed by atoms with van der Waals surface area (Å²) >= 11 is 0. The first-order valence-corrected chi connectivity index (χ1v) is 5.22. The predicted molar refractivity (Wildman–Crippen MR) is 60.7 cm³/mol. The van der Waals surface area contributed by atoms with Crippen molar-refractivity contribution >= 4 is 17.6 Å². The third-order valence-electron chi connectivity index (χ3n) is 2.48. The van der Waals surface area contributed by atoms with Crippen molar-refractivity contribution in [2.24, 2.45) is 0 Å². The molecule has 1 aromatic heterocycles. The van der Waals surface area contributed by atoms with Crippen LogP contribution in [0.1, 0.15) is 6.92 Å². The van der Waals surface area contributed by atoms with Crippen molar-refractivity contribution < 1.29 is 14.3 Å². The summed E-state index contributed by atoms with van der Waals surface area (Å²) in [4.78, 5) is 28.5. The number of ether oxygens (including phenoxy) is 1. The highest BCUT2D eigenvalue weighted by Crippen LogP contribution is 2.27. The molecule has 17 heavy (non-hydrogen) atoms. The Morgan fingerprint density at radius 1 is 1.65 bits per heavy atom. The lowest BCUT2D eigenvalue weighted by atomic mass is 10.2. The lowest BCUT2D eigenvalue weighted by molar-refractivity contribution is -0.126. The Kier molecular flexibility index (Phi) is 2.95. The van der Waals surface area contributed by atoms with Gasteiger partial charge in [-0.25, -0.2) is 4.98 Å². The number of fused-ring (bicyclic) bond motifs is 1. The Morgan fingerprint density at radius 2 is 2.41 bits per heavy atom. The van der Waals surface area contributed by atoms with Crippen molar-refractivity contribution in [2.45, 2.75) is 13.0 Å². The molecular formula is C11H13N3O3. The predicted octanol–water partition coefficient (Wildman–Crippen LogP) is -0.0585. The van der Waals surface area contributed by atoms with Crippen molar-refractivity contribution in [2.75, 3.05) is 18.6 Å². The van der Waals surface area contributed by atoms with E-state index in [0.29, 0.717) is 11.6 Å². The van der Waals surface area contributed by atoms with Crippen LogP contribution in [-0.2, 0) is 9.59 Å². The average Bonchev–Trinajstić information content (AvgIpc) is 2.42. The van der Waals surface area contributed by atoms with Gasteiger partial charge in [0.15, 0.2) is 11.6 Å². The molecule has 1 aromatic rings. The van der Waals surface area contributed by atoms with E-state index in [0.717, 1.165) is 0 Å². The topological polar surface area (TPSA) is 71.5 Å². The normalized spacial score (nSPS) is 19.1. The number of anilines is 1. The minimum atomic E-state index is -0.674. The van der Waals surface area contributed by atoms with Crippen molar-refractivity contribution in [3.05, 3.63) is 18.3 Å². The molecule has 0 aliphatic carbocycles. The highest BCUT2D eigenvalue weighted by atomic mass is 16.5. The van der Waals surface area contributed by atoms with Crippen molar-refractivity contribution in [3.63, 3.8) is 0 Å². The number of nitrogens with zero attached hydrogens (tertiary/aromatic N) is 2. The Balaban J connectivity index is 2.29. The van der Waals surface area contributed by atoms with Crippen molar-refractivity contribution in [3.8, 4) is 5.75 Å². The van der Waals surface area contributed by atoms with Gasteiger partial charge in [-0.3, -0.25) is 14.5 Å². The molecule has 1 N–H and O–H groups in total. The number of aromatic nitrogens is 1. The van der Waals surface area contributed by atoms with Gasteiger partial charge in [0, 0.05) is 20.2 Å². The summed E-state index contributed by atoms with van der Waals surface area (Å²) < 4.78 is 5.46. The minimum absolute atomic E-state index is 0.113. The molecule has 0 spiro atoms. The van der Waals surface area contributed by atoms with Gasteiger partial charge >= 0.3 is 0 Å². The standard InChI is InChI=1S/C11H13N3O3/c1-7(15)13-8-6-17-9-4-3-5-12-10(9)14(2)11(8)16/h3-5,8H,6H2,1-2H3,(H,13,15). The van der Waals surface area contributed by atoms with Gasteiger partial charge in [0.05, 0.1) is 0 Å². The number of rotatable bonds is 1. The first-order chi connectivity index (χ1) is 8.09. The molecule has 1 atom stereocenters. The zero-order valence-corrected chi connectivity index (χ0v) is 9.64. The SMILES string of the molecule is CC(=O)NC1COc2cccnc2N(C)C1=O. The first kappa shape index (κ1) is 11.4. The number of carbonyl (C=O) groups excluding carboxylic acids is 2. The van der Waals surface area contributed by atoms with Gasteiger partial charge in [0.1, 0.15) is 12.6 Å². The van der Waals surface area contributed by atoms with E-state index in [9.17, 15) is 9.59 Å². The molecule has 0 radical (unpaired) electrons. The summed E-state index contributed by atoms with van der Waals surface area (Å²) in [5.74, 6) is 0.499. The molecule has 0 saturated heterocycles. The second-order valence-electron chi connectivity index (χ2n) is 3.79. The van der Waals surface area contributed by atoms with Crippen LogP contribution in [0.3, 0.4) is 0 Å². The zero-order valence-electron chi connectivity index (χ0n) is 9.64. The summed E-state index contributed by atoms with van der Waals surface area (Å²) in [6.07, 6.45) is 1.59. The number of nitrogens with one attached hydrogen (secondary N) is 1. The van der Waals surface area contributed by atoms with Crippen LogP contribution in [0.15, 0.2) is 18.3 Å². The maximum atomic E-state index is 12.0. The Morgan fingerprint density at radius 3 is 3.12 bits per heavy atom. The van der Waals surface area contributed by atoms with Crippen LogP contribution in [0.25, 0.3) is 0 Å². The number of amides is 2. The molecule has 2 heterocycles. The molecular weight excluding hydrogens is 222 g/mol. The van der Waals surface area contributed by atoms with Crippen LogP contribution in [0, 0.1) is 0 Å². The number of hydrogen-bond donors (Lipinski definition) is 1. The van der Waals surface area contributed by atoms with E-state index in [4.69, 9.17) is 4.74 Å². The number of pyridine rings is 1. The summed E-state index contributed by atoms with van der Waals surface area (Å²) in [7, 11) is 1.61. The van der Waals surface area contributed by atoms with Crippen molar-refractivity contribution in [1.29, 1.82) is 0 Å². The van der Waals surface area contributed by atoms with Gasteiger partial charge in [-0.2, -0.15) is 0 Å². The molecule has 2 rings (SSSR count). The fraction of sp³-hybridized carbons (Fsp3) is 0.364. The van der Waals surface area contributed by atoms with Gasteiger partial charge in [-0.05, 0) is 12.1 Å². The van der Waals surface area contributed by atoms with E-state index >= 15 is 0 Å². The van der Waals surface area contributed by atoms with Crippen LogP contribution in [0.2, 0.25) is 0 Å². The first-order valence-electron chi connectivity index (χ1n) is 5.22. The summed E-state index contributed by atoms with van der Waals surface area (Å²) in [6.45, 7) is 1.48. The monoisotopic (exact) mass is 235 g/mol. The molecule has 0 bridgehead atoms. The van der Waals surface area contributed by atoms with Crippen LogP contribution < -0.4 is 15.0 Å². The third-order valence-corrected chi connectivity index (χ3v) is 2.48. The maximum absolute atomic E-state index is 12.0. The highest BCUT2D eigenvalue weighted by Gasteiger charge is 2.30. The second kappa shape index (κ2) is 4.40. The number of likely N-dealkylation sites (N-methyl/N-ethyl adjacent to an activating group) is 1. The molecule has 6 heteroatoms. The smallest absolute Gasteiger partial charge is 0.254 e. The summed E-state index contributed by atoms with van der Waals surface area (Å²) in [5, 5.41) is 2.55. The van der Waals surface area contributed by atoms with Crippen LogP contribution in [-0.4, -0.2) is 36.5 Å². The van der Waals surface area contributed by atoms with Gasteiger partial charge in [-0.1, -0.05) is 0 Å². The molecule has 6 nitrogen and oxygen atoms in total. The molecule has 2 amide bonds. The Labute approximate surface area is 98.6 Å². The van der Waals surface area contributed by atoms with Gasteiger partial charge in [0.25, 0.3) is 5.91 Å². The summed E-state index contributed by atoms with van der Waals surface area (Å²) in [6, 6.07) is 2.80. The van der Waals surface area contributed by atoms with Crippen LogP contribution in [0.4, 0.5) is 5.82 Å². The fourth-order valence-electron chi connectivity index (χ4n) is 1.68. The highest BCUT2D eigenvalue weighted by molar-refractivity contribution is 5.99. The fourth-order valence-corrected chi connectivity index (χ4v) is 1.68. The Hall–Kier alpha value is -2.11. The van der Waals surface area contributed by atoms with E-state index in [1.165, 1.54) is 11.8 Å². The largest absolute Gasteiger partial charge is 0.487 e. The van der Waals surface area contributed by atoms with Gasteiger partial charge in [0.2, 0.25) is 5.91 Å². The number of carbonyl (C=O) groups is 2. The minimum Gasteiger partial charge on any atom is -0.487 e. The molecule has 90 valence electrons. The summed E-state index contributed by atoms with van der Waals surface area (Å²) in [5.41, 5.74) is 0. The number of hydrogen-bond acceptors (Lipinski definition) is 4. The van der Waals surface area contributed by atoms with Gasteiger partial charge in [-0.15, -0.1) is 0 Å². The zero-order chi connectivity index (χ0) is 12.4. The molecule has 1 aliphatic rings. The van der Waals surface area contributed by atoms with E-state index in [1.54, 1.807) is 25.4 Å². The van der Waals surface area contributed by atoms with Gasteiger partial charge < -0.3 is 10.1 Å².